The molecule has 1 amide bonds. The predicted molar refractivity (Wildman–Crippen MR) is 138 cm³/mol. The summed E-state index contributed by atoms with van der Waals surface area (Å²) in [5.41, 5.74) is 5.36. The molecule has 0 heterocycles. The van der Waals surface area contributed by atoms with Gasteiger partial charge in [0.15, 0.2) is 0 Å². The minimum absolute atomic E-state index is 0.0178. The fraction of sp³-hybridized carbons (Fsp3) is 0.310. The summed E-state index contributed by atoms with van der Waals surface area (Å²) in [4.78, 5) is 23.7. The molecule has 35 heavy (non-hydrogen) atoms. The summed E-state index contributed by atoms with van der Waals surface area (Å²) in [6.07, 6.45) is 1.28. The smallest absolute Gasteiger partial charge is 0.303 e. The predicted octanol–water partition coefficient (Wildman–Crippen LogP) is 6.50. The van der Waals surface area contributed by atoms with Gasteiger partial charge < -0.3 is 19.9 Å². The van der Waals surface area contributed by atoms with Crippen molar-refractivity contribution in [2.75, 3.05) is 11.9 Å². The standard InChI is InChI=1S/C29H33NO5/c1-5-22-12-14-23(15-13-22)21(4)35-26-17-16-25(19(2)20(26)3)30-29(33)24-9-6-7-10-27(24)34-18-8-11-28(31)32/h6-7,9-10,12-17,21H,5,8,11,18H2,1-4H3,(H,30,33)(H,31,32). The van der Waals surface area contributed by atoms with Crippen molar-refractivity contribution in [3.63, 3.8) is 0 Å². The molecule has 2 N–H and O–H groups in total. The fourth-order valence-electron chi connectivity index (χ4n) is 3.72. The molecule has 0 aliphatic heterocycles. The molecule has 0 aliphatic carbocycles. The van der Waals surface area contributed by atoms with E-state index >= 15 is 0 Å². The minimum Gasteiger partial charge on any atom is -0.493 e. The first-order valence-corrected chi connectivity index (χ1v) is 11.9. The number of carboxylic acids is 1. The Bertz CT molecular complexity index is 1170. The quantitative estimate of drug-likeness (QED) is 0.309. The van der Waals surface area contributed by atoms with Crippen LogP contribution in [0.25, 0.3) is 0 Å². The summed E-state index contributed by atoms with van der Waals surface area (Å²) in [5, 5.41) is 11.8. The first-order valence-electron chi connectivity index (χ1n) is 11.9. The van der Waals surface area contributed by atoms with E-state index in [4.69, 9.17) is 14.6 Å². The van der Waals surface area contributed by atoms with Crippen molar-refractivity contribution in [2.45, 2.75) is 53.1 Å². The summed E-state index contributed by atoms with van der Waals surface area (Å²) < 4.78 is 11.9. The zero-order valence-electron chi connectivity index (χ0n) is 20.8. The number of carbonyl (C=O) groups excluding carboxylic acids is 1. The Labute approximate surface area is 206 Å². The van der Waals surface area contributed by atoms with Crippen LogP contribution in [0.3, 0.4) is 0 Å². The highest BCUT2D eigenvalue weighted by molar-refractivity contribution is 6.06. The van der Waals surface area contributed by atoms with E-state index in [0.717, 1.165) is 28.9 Å². The lowest BCUT2D eigenvalue weighted by atomic mass is 10.0. The second-order valence-corrected chi connectivity index (χ2v) is 8.51. The van der Waals surface area contributed by atoms with Gasteiger partial charge in [-0.15, -0.1) is 0 Å². The molecule has 1 unspecified atom stereocenters. The highest BCUT2D eigenvalue weighted by atomic mass is 16.5. The Morgan fingerprint density at radius 1 is 0.943 bits per heavy atom. The molecular formula is C29H33NO5. The lowest BCUT2D eigenvalue weighted by molar-refractivity contribution is -0.137. The SMILES string of the molecule is CCc1ccc(C(C)Oc2ccc(NC(=O)c3ccccc3OCCCC(=O)O)c(C)c2C)cc1. The number of nitrogens with one attached hydrogen (secondary N) is 1. The Kier molecular flexibility index (Phi) is 8.90. The van der Waals surface area contributed by atoms with Crippen LogP contribution in [0.1, 0.15) is 65.4 Å². The number of carboxylic acid groups (broad SMARTS) is 1. The van der Waals surface area contributed by atoms with Crippen LogP contribution in [0.2, 0.25) is 0 Å². The normalized spacial score (nSPS) is 11.5. The number of ether oxygens (including phenoxy) is 2. The van der Waals surface area contributed by atoms with E-state index in [-0.39, 0.29) is 25.0 Å². The van der Waals surface area contributed by atoms with Gasteiger partial charge in [-0.3, -0.25) is 9.59 Å². The van der Waals surface area contributed by atoms with Crippen molar-refractivity contribution in [2.24, 2.45) is 0 Å². The number of hydrogen-bond acceptors (Lipinski definition) is 4. The molecule has 0 bridgehead atoms. The highest BCUT2D eigenvalue weighted by Gasteiger charge is 2.16. The average Bonchev–Trinajstić information content (AvgIpc) is 2.86. The zero-order valence-corrected chi connectivity index (χ0v) is 20.8. The number of benzene rings is 3. The van der Waals surface area contributed by atoms with Crippen LogP contribution in [0.15, 0.2) is 60.7 Å². The minimum atomic E-state index is -0.873. The average molecular weight is 476 g/mol. The lowest BCUT2D eigenvalue weighted by Gasteiger charge is -2.20. The Hall–Kier alpha value is -3.80. The van der Waals surface area contributed by atoms with Gasteiger partial charge in [0.05, 0.1) is 12.2 Å². The molecule has 0 aromatic heterocycles. The van der Waals surface area contributed by atoms with E-state index in [0.29, 0.717) is 23.4 Å². The number of para-hydroxylation sites is 1. The van der Waals surface area contributed by atoms with Gasteiger partial charge in [0.2, 0.25) is 0 Å². The molecule has 0 fully saturated rings. The van der Waals surface area contributed by atoms with Crippen molar-refractivity contribution in [3.8, 4) is 11.5 Å². The Morgan fingerprint density at radius 2 is 1.66 bits per heavy atom. The molecule has 6 nitrogen and oxygen atoms in total. The number of aliphatic carboxylic acids is 1. The summed E-state index contributed by atoms with van der Waals surface area (Å²) in [6.45, 7) is 8.31. The maximum Gasteiger partial charge on any atom is 0.303 e. The largest absolute Gasteiger partial charge is 0.493 e. The summed E-state index contributed by atoms with van der Waals surface area (Å²) in [7, 11) is 0. The van der Waals surface area contributed by atoms with Gasteiger partial charge in [0.1, 0.15) is 17.6 Å². The molecular weight excluding hydrogens is 442 g/mol. The van der Waals surface area contributed by atoms with Gasteiger partial charge in [-0.2, -0.15) is 0 Å². The molecule has 3 aromatic carbocycles. The third kappa shape index (κ3) is 6.85. The molecule has 0 saturated heterocycles. The summed E-state index contributed by atoms with van der Waals surface area (Å²) in [6, 6.07) is 19.1. The molecule has 0 radical (unpaired) electrons. The van der Waals surface area contributed by atoms with Gasteiger partial charge in [-0.25, -0.2) is 0 Å². The number of rotatable bonds is 11. The maximum atomic E-state index is 13.0. The van der Waals surface area contributed by atoms with E-state index in [1.54, 1.807) is 24.3 Å². The third-order valence-corrected chi connectivity index (χ3v) is 6.07. The fourth-order valence-corrected chi connectivity index (χ4v) is 3.72. The van der Waals surface area contributed by atoms with Crippen LogP contribution in [0.5, 0.6) is 11.5 Å². The molecule has 1 atom stereocenters. The second kappa shape index (κ2) is 12.1. The van der Waals surface area contributed by atoms with Crippen LogP contribution in [0, 0.1) is 13.8 Å². The third-order valence-electron chi connectivity index (χ3n) is 6.07. The van der Waals surface area contributed by atoms with E-state index < -0.39 is 5.97 Å². The number of anilines is 1. The molecule has 184 valence electrons. The molecule has 0 spiro atoms. The second-order valence-electron chi connectivity index (χ2n) is 8.51. The van der Waals surface area contributed by atoms with Crippen molar-refractivity contribution in [3.05, 3.63) is 88.5 Å². The van der Waals surface area contributed by atoms with E-state index in [9.17, 15) is 9.59 Å². The van der Waals surface area contributed by atoms with Crippen molar-refractivity contribution in [1.82, 2.24) is 0 Å². The molecule has 0 saturated carbocycles. The van der Waals surface area contributed by atoms with E-state index in [1.165, 1.54) is 5.56 Å². The molecule has 3 rings (SSSR count). The Morgan fingerprint density at radius 3 is 2.34 bits per heavy atom. The van der Waals surface area contributed by atoms with Crippen LogP contribution >= 0.6 is 0 Å². The first-order chi connectivity index (χ1) is 16.8. The lowest BCUT2D eigenvalue weighted by Crippen LogP contribution is -2.15. The van der Waals surface area contributed by atoms with Crippen LogP contribution in [0.4, 0.5) is 5.69 Å². The summed E-state index contributed by atoms with van der Waals surface area (Å²) in [5.74, 6) is 0.0310. The van der Waals surface area contributed by atoms with Gasteiger partial charge in [0, 0.05) is 12.1 Å². The van der Waals surface area contributed by atoms with Crippen LogP contribution < -0.4 is 14.8 Å². The molecule has 0 aliphatic rings. The monoisotopic (exact) mass is 475 g/mol. The first kappa shape index (κ1) is 25.8. The molecule has 6 heteroatoms. The van der Waals surface area contributed by atoms with E-state index in [1.807, 2.05) is 32.9 Å². The van der Waals surface area contributed by atoms with Gasteiger partial charge >= 0.3 is 5.97 Å². The van der Waals surface area contributed by atoms with Crippen molar-refractivity contribution in [1.29, 1.82) is 0 Å². The molecule has 3 aromatic rings. The maximum absolute atomic E-state index is 13.0. The Balaban J connectivity index is 1.70. The number of aryl methyl sites for hydroxylation is 1. The number of amides is 1. The number of carbonyl (C=O) groups is 2. The zero-order chi connectivity index (χ0) is 25.4. The van der Waals surface area contributed by atoms with Crippen LogP contribution in [-0.4, -0.2) is 23.6 Å². The highest BCUT2D eigenvalue weighted by Crippen LogP contribution is 2.32. The van der Waals surface area contributed by atoms with Crippen molar-refractivity contribution >= 4 is 17.6 Å². The van der Waals surface area contributed by atoms with Gasteiger partial charge in [-0.05, 0) is 80.1 Å². The van der Waals surface area contributed by atoms with Crippen molar-refractivity contribution < 1.29 is 24.2 Å². The van der Waals surface area contributed by atoms with Crippen LogP contribution in [-0.2, 0) is 11.2 Å². The van der Waals surface area contributed by atoms with Gasteiger partial charge in [0.25, 0.3) is 5.91 Å². The van der Waals surface area contributed by atoms with E-state index in [2.05, 4.69) is 36.5 Å². The van der Waals surface area contributed by atoms with Gasteiger partial charge in [-0.1, -0.05) is 43.3 Å². The summed E-state index contributed by atoms with van der Waals surface area (Å²) >= 11 is 0. The topological polar surface area (TPSA) is 84.9 Å². The number of hydrogen-bond donors (Lipinski definition) is 2.